The van der Waals surface area contributed by atoms with Crippen LogP contribution in [0.15, 0.2) is 53.3 Å². The van der Waals surface area contributed by atoms with E-state index in [0.717, 1.165) is 35.9 Å². The van der Waals surface area contributed by atoms with Crippen molar-refractivity contribution < 1.29 is 9.13 Å². The maximum atomic E-state index is 13.9. The molecule has 1 aliphatic rings. The van der Waals surface area contributed by atoms with Crippen LogP contribution in [0.25, 0.3) is 21.6 Å². The molecule has 6 heteroatoms. The van der Waals surface area contributed by atoms with Crippen molar-refractivity contribution in [1.29, 1.82) is 0 Å². The summed E-state index contributed by atoms with van der Waals surface area (Å²) in [6, 6.07) is 13.9. The Balaban J connectivity index is 1.54. The number of thiophene rings is 1. The summed E-state index contributed by atoms with van der Waals surface area (Å²) >= 11 is 1.62. The topological polar surface area (TPSA) is 55.0 Å². The van der Waals surface area contributed by atoms with Crippen molar-refractivity contribution in [3.8, 4) is 17.1 Å². The van der Waals surface area contributed by atoms with Crippen LogP contribution in [0.5, 0.6) is 5.75 Å². The number of fused-ring (bicyclic) bond motifs is 3. The summed E-state index contributed by atoms with van der Waals surface area (Å²) in [5, 5.41) is 0.734. The summed E-state index contributed by atoms with van der Waals surface area (Å²) in [6.45, 7) is 0.101. The lowest BCUT2D eigenvalue weighted by molar-refractivity contribution is 0.301. The van der Waals surface area contributed by atoms with Gasteiger partial charge in [-0.15, -0.1) is 11.3 Å². The molecule has 2 heterocycles. The molecular weight excluding hydrogens is 387 g/mol. The van der Waals surface area contributed by atoms with Gasteiger partial charge in [0.1, 0.15) is 28.8 Å². The summed E-state index contributed by atoms with van der Waals surface area (Å²) in [5.74, 6) is 0.729. The Morgan fingerprint density at radius 3 is 2.76 bits per heavy atom. The standard InChI is InChI=1S/C23H19FN2O2S/c24-17-10-4-1-7-14(17)13-28-18-11-5-2-8-15(18)21-25-22(27)20-16-9-3-6-12-19(16)29-23(20)26-21/h1-2,4-5,7-8,10-11H,3,6,9,12-13H2,(H,25,26,27). The Morgan fingerprint density at radius 1 is 1.07 bits per heavy atom. The van der Waals surface area contributed by atoms with E-state index in [0.29, 0.717) is 22.7 Å². The Labute approximate surface area is 171 Å². The van der Waals surface area contributed by atoms with Crippen LogP contribution >= 0.6 is 11.3 Å². The summed E-state index contributed by atoms with van der Waals surface area (Å²) in [4.78, 5) is 22.6. The Kier molecular flexibility index (Phi) is 4.64. The number of benzene rings is 2. The molecule has 5 rings (SSSR count). The van der Waals surface area contributed by atoms with Gasteiger partial charge in [0.05, 0.1) is 10.9 Å². The van der Waals surface area contributed by atoms with Crippen LogP contribution in [-0.2, 0) is 19.4 Å². The number of aryl methyl sites for hydroxylation is 2. The summed E-state index contributed by atoms with van der Waals surface area (Å²) in [5.41, 5.74) is 2.23. The highest BCUT2D eigenvalue weighted by atomic mass is 32.1. The zero-order valence-corrected chi connectivity index (χ0v) is 16.5. The molecule has 1 aliphatic carbocycles. The Hall–Kier alpha value is -2.99. The minimum atomic E-state index is -0.304. The van der Waals surface area contributed by atoms with Gasteiger partial charge < -0.3 is 9.72 Å². The number of para-hydroxylation sites is 1. The van der Waals surface area contributed by atoms with Gasteiger partial charge in [-0.1, -0.05) is 30.3 Å². The molecule has 0 spiro atoms. The molecule has 0 fully saturated rings. The Bertz CT molecular complexity index is 1260. The lowest BCUT2D eigenvalue weighted by Crippen LogP contribution is -2.11. The SMILES string of the molecule is O=c1[nH]c(-c2ccccc2OCc2ccccc2F)nc2sc3c(c12)CCCC3. The van der Waals surface area contributed by atoms with Gasteiger partial charge in [-0.25, -0.2) is 9.37 Å². The number of rotatable bonds is 4. The van der Waals surface area contributed by atoms with Gasteiger partial charge >= 0.3 is 0 Å². The average Bonchev–Trinajstić information content (AvgIpc) is 3.12. The fourth-order valence-electron chi connectivity index (χ4n) is 3.85. The van der Waals surface area contributed by atoms with Gasteiger partial charge in [0, 0.05) is 10.4 Å². The first-order valence-corrected chi connectivity index (χ1v) is 10.5. The van der Waals surface area contributed by atoms with Gasteiger partial charge in [0.25, 0.3) is 5.56 Å². The molecule has 0 saturated heterocycles. The van der Waals surface area contributed by atoms with Crippen LogP contribution in [0.1, 0.15) is 28.8 Å². The minimum absolute atomic E-state index is 0.101. The fraction of sp³-hybridized carbons (Fsp3) is 0.217. The number of aromatic amines is 1. The second-order valence-corrected chi connectivity index (χ2v) is 8.27. The van der Waals surface area contributed by atoms with Gasteiger partial charge in [-0.05, 0) is 49.4 Å². The maximum Gasteiger partial charge on any atom is 0.260 e. The lowest BCUT2D eigenvalue weighted by atomic mass is 9.97. The molecule has 0 saturated carbocycles. The van der Waals surface area contributed by atoms with Gasteiger partial charge in [-0.3, -0.25) is 4.79 Å². The number of nitrogens with one attached hydrogen (secondary N) is 1. The summed E-state index contributed by atoms with van der Waals surface area (Å²) in [6.07, 6.45) is 4.25. The highest BCUT2D eigenvalue weighted by Gasteiger charge is 2.20. The molecule has 0 bridgehead atoms. The van der Waals surface area contributed by atoms with Gasteiger partial charge in [-0.2, -0.15) is 0 Å². The van der Waals surface area contributed by atoms with Crippen LogP contribution in [0.3, 0.4) is 0 Å². The van der Waals surface area contributed by atoms with Gasteiger partial charge in [0.2, 0.25) is 0 Å². The van der Waals surface area contributed by atoms with E-state index in [4.69, 9.17) is 9.72 Å². The first-order valence-electron chi connectivity index (χ1n) is 9.71. The first-order chi connectivity index (χ1) is 14.2. The number of halogens is 1. The molecule has 4 nitrogen and oxygen atoms in total. The molecule has 2 aromatic carbocycles. The molecule has 1 N–H and O–H groups in total. The van der Waals surface area contributed by atoms with E-state index < -0.39 is 0 Å². The van der Waals surface area contributed by atoms with Crippen molar-refractivity contribution in [2.75, 3.05) is 0 Å². The molecule has 0 radical (unpaired) electrons. The minimum Gasteiger partial charge on any atom is -0.488 e. The highest BCUT2D eigenvalue weighted by molar-refractivity contribution is 7.18. The van der Waals surface area contributed by atoms with E-state index in [9.17, 15) is 9.18 Å². The molecule has 2 aromatic heterocycles. The van der Waals surface area contributed by atoms with Crippen LogP contribution in [0.4, 0.5) is 4.39 Å². The lowest BCUT2D eigenvalue weighted by Gasteiger charge is -2.12. The molecule has 4 aromatic rings. The maximum absolute atomic E-state index is 13.9. The van der Waals surface area contributed by atoms with Crippen molar-refractivity contribution in [2.24, 2.45) is 0 Å². The highest BCUT2D eigenvalue weighted by Crippen LogP contribution is 2.35. The van der Waals surface area contributed by atoms with Crippen LogP contribution in [0.2, 0.25) is 0 Å². The second kappa shape index (κ2) is 7.44. The monoisotopic (exact) mass is 406 g/mol. The smallest absolute Gasteiger partial charge is 0.260 e. The fourth-order valence-corrected chi connectivity index (χ4v) is 5.11. The van der Waals surface area contributed by atoms with E-state index in [2.05, 4.69) is 4.98 Å². The molecule has 0 amide bonds. The summed E-state index contributed by atoms with van der Waals surface area (Å²) in [7, 11) is 0. The predicted octanol–water partition coefficient (Wildman–Crippen LogP) is 5.25. The third-order valence-corrected chi connectivity index (χ3v) is 6.49. The molecule has 29 heavy (non-hydrogen) atoms. The number of ether oxygens (including phenoxy) is 1. The summed E-state index contributed by atoms with van der Waals surface area (Å²) < 4.78 is 19.8. The largest absolute Gasteiger partial charge is 0.488 e. The van der Waals surface area contributed by atoms with Crippen LogP contribution in [0, 0.1) is 5.82 Å². The number of hydrogen-bond acceptors (Lipinski definition) is 4. The quantitative estimate of drug-likeness (QED) is 0.504. The molecular formula is C23H19FN2O2S. The van der Waals surface area contributed by atoms with E-state index in [1.165, 1.54) is 16.5 Å². The molecule has 0 unspecified atom stereocenters. The number of hydrogen-bond donors (Lipinski definition) is 1. The van der Waals surface area contributed by atoms with E-state index in [1.807, 2.05) is 18.2 Å². The third-order valence-electron chi connectivity index (χ3n) is 5.31. The Morgan fingerprint density at radius 2 is 1.86 bits per heavy atom. The normalized spacial score (nSPS) is 13.4. The molecule has 0 atom stereocenters. The zero-order chi connectivity index (χ0) is 19.8. The van der Waals surface area contributed by atoms with Gasteiger partial charge in [0.15, 0.2) is 0 Å². The van der Waals surface area contributed by atoms with Crippen molar-refractivity contribution in [3.05, 3.63) is 80.7 Å². The van der Waals surface area contributed by atoms with Crippen molar-refractivity contribution in [3.63, 3.8) is 0 Å². The van der Waals surface area contributed by atoms with Crippen molar-refractivity contribution >= 4 is 21.6 Å². The second-order valence-electron chi connectivity index (χ2n) is 7.18. The number of H-pyrrole nitrogens is 1. The molecule has 146 valence electrons. The third kappa shape index (κ3) is 3.34. The van der Waals surface area contributed by atoms with E-state index in [-0.39, 0.29) is 18.0 Å². The van der Waals surface area contributed by atoms with Crippen LogP contribution < -0.4 is 10.3 Å². The van der Waals surface area contributed by atoms with Crippen molar-refractivity contribution in [1.82, 2.24) is 9.97 Å². The number of nitrogens with zero attached hydrogens (tertiary/aromatic N) is 1. The van der Waals surface area contributed by atoms with E-state index in [1.54, 1.807) is 35.6 Å². The van der Waals surface area contributed by atoms with E-state index >= 15 is 0 Å². The average molecular weight is 406 g/mol. The predicted molar refractivity (Wildman–Crippen MR) is 113 cm³/mol. The molecule has 0 aliphatic heterocycles. The van der Waals surface area contributed by atoms with Crippen LogP contribution in [-0.4, -0.2) is 9.97 Å². The first kappa shape index (κ1) is 18.1. The zero-order valence-electron chi connectivity index (χ0n) is 15.7. The number of aromatic nitrogens is 2. The van der Waals surface area contributed by atoms with Crippen molar-refractivity contribution in [2.45, 2.75) is 32.3 Å².